The lowest BCUT2D eigenvalue weighted by molar-refractivity contribution is -0.125. The molecule has 1 N–H and O–H groups in total. The zero-order chi connectivity index (χ0) is 15.6. The van der Waals surface area contributed by atoms with Crippen LogP contribution in [0.1, 0.15) is 19.4 Å². The smallest absolute Gasteiger partial charge is 0.246 e. The second kappa shape index (κ2) is 5.72. The lowest BCUT2D eigenvalue weighted by Crippen LogP contribution is -2.33. The monoisotopic (exact) mass is 296 g/mol. The first kappa shape index (κ1) is 14.4. The largest absolute Gasteiger partial charge is 0.489 e. The minimum Gasteiger partial charge on any atom is -0.489 e. The van der Waals surface area contributed by atoms with Crippen LogP contribution in [0, 0.1) is 5.41 Å². The lowest BCUT2D eigenvalue weighted by atomic mass is 9.94. The maximum atomic E-state index is 11.8. The summed E-state index contributed by atoms with van der Waals surface area (Å²) in [5, 5.41) is 1.88. The van der Waals surface area contributed by atoms with Crippen molar-refractivity contribution in [1.82, 2.24) is 5.43 Å². The number of benzene rings is 2. The molecule has 22 heavy (non-hydrogen) atoms. The third-order valence-electron chi connectivity index (χ3n) is 3.80. The van der Waals surface area contributed by atoms with Crippen LogP contribution in [0.25, 0.3) is 0 Å². The van der Waals surface area contributed by atoms with E-state index < -0.39 is 0 Å². The van der Waals surface area contributed by atoms with Gasteiger partial charge < -0.3 is 4.74 Å². The molecule has 0 spiro atoms. The molecular formula is C18H20N2O2. The van der Waals surface area contributed by atoms with E-state index >= 15 is 0 Å². The first-order chi connectivity index (χ1) is 10.5. The summed E-state index contributed by atoms with van der Waals surface area (Å²) in [6.07, 6.45) is 0. The van der Waals surface area contributed by atoms with Gasteiger partial charge in [-0.15, -0.1) is 0 Å². The molecule has 1 heterocycles. The third kappa shape index (κ3) is 3.06. The summed E-state index contributed by atoms with van der Waals surface area (Å²) in [7, 11) is 0. The van der Waals surface area contributed by atoms with Gasteiger partial charge in [0.25, 0.3) is 0 Å². The zero-order valence-electron chi connectivity index (χ0n) is 12.9. The van der Waals surface area contributed by atoms with Crippen molar-refractivity contribution >= 4 is 11.6 Å². The molecule has 3 rings (SSSR count). The van der Waals surface area contributed by atoms with Crippen molar-refractivity contribution < 1.29 is 9.53 Å². The standard InChI is InChI=1S/C18H20N2O2/c1-18(2)13-20(19-17(18)21)15-8-10-16(11-9-15)22-12-14-6-4-3-5-7-14/h3-11H,12-13H2,1-2H3,(H,19,21). The number of amides is 1. The maximum Gasteiger partial charge on any atom is 0.246 e. The molecule has 0 saturated carbocycles. The van der Waals surface area contributed by atoms with E-state index in [1.54, 1.807) is 0 Å². The number of nitrogens with one attached hydrogen (secondary N) is 1. The molecule has 4 heteroatoms. The molecule has 1 aliphatic rings. The Balaban J connectivity index is 1.62. The number of hydrogen-bond donors (Lipinski definition) is 1. The lowest BCUT2D eigenvalue weighted by Gasteiger charge is -2.19. The van der Waals surface area contributed by atoms with Crippen LogP contribution < -0.4 is 15.2 Å². The minimum atomic E-state index is -0.359. The van der Waals surface area contributed by atoms with Crippen LogP contribution in [0.5, 0.6) is 5.75 Å². The van der Waals surface area contributed by atoms with Crippen molar-refractivity contribution in [2.24, 2.45) is 5.41 Å². The molecule has 2 aromatic carbocycles. The number of carbonyl (C=O) groups excluding carboxylic acids is 1. The second-order valence-corrected chi connectivity index (χ2v) is 6.18. The molecule has 1 amide bonds. The number of ether oxygens (including phenoxy) is 1. The average molecular weight is 296 g/mol. The Morgan fingerprint density at radius 3 is 2.36 bits per heavy atom. The Morgan fingerprint density at radius 2 is 1.77 bits per heavy atom. The van der Waals surface area contributed by atoms with Gasteiger partial charge in [0.2, 0.25) is 5.91 Å². The molecule has 0 aliphatic carbocycles. The fourth-order valence-electron chi connectivity index (χ4n) is 2.40. The molecule has 1 aliphatic heterocycles. The zero-order valence-corrected chi connectivity index (χ0v) is 12.9. The van der Waals surface area contributed by atoms with E-state index in [2.05, 4.69) is 5.43 Å². The van der Waals surface area contributed by atoms with E-state index in [1.807, 2.05) is 73.5 Å². The molecule has 0 atom stereocenters. The summed E-state index contributed by atoms with van der Waals surface area (Å²) in [5.41, 5.74) is 4.64. The molecule has 1 fully saturated rings. The fourth-order valence-corrected chi connectivity index (χ4v) is 2.40. The molecular weight excluding hydrogens is 276 g/mol. The summed E-state index contributed by atoms with van der Waals surface area (Å²) in [4.78, 5) is 11.8. The normalized spacial score (nSPS) is 16.5. The molecule has 114 valence electrons. The number of anilines is 1. The van der Waals surface area contributed by atoms with Crippen LogP contribution in [0.4, 0.5) is 5.69 Å². The highest BCUT2D eigenvalue weighted by atomic mass is 16.5. The van der Waals surface area contributed by atoms with Crippen LogP contribution in [0.2, 0.25) is 0 Å². The first-order valence-corrected chi connectivity index (χ1v) is 7.40. The highest BCUT2D eigenvalue weighted by molar-refractivity contribution is 5.87. The molecule has 4 nitrogen and oxygen atoms in total. The quantitative estimate of drug-likeness (QED) is 0.942. The van der Waals surface area contributed by atoms with E-state index in [0.29, 0.717) is 13.2 Å². The van der Waals surface area contributed by atoms with Crippen molar-refractivity contribution in [3.63, 3.8) is 0 Å². The van der Waals surface area contributed by atoms with Gasteiger partial charge in [0.05, 0.1) is 17.6 Å². The fraction of sp³-hybridized carbons (Fsp3) is 0.278. The highest BCUT2D eigenvalue weighted by Gasteiger charge is 2.37. The van der Waals surface area contributed by atoms with Gasteiger partial charge in [-0.3, -0.25) is 15.2 Å². The van der Waals surface area contributed by atoms with Crippen molar-refractivity contribution in [3.05, 3.63) is 60.2 Å². The van der Waals surface area contributed by atoms with Crippen LogP contribution in [-0.2, 0) is 11.4 Å². The SMILES string of the molecule is CC1(C)CN(c2ccc(OCc3ccccc3)cc2)NC1=O. The topological polar surface area (TPSA) is 41.6 Å². The second-order valence-electron chi connectivity index (χ2n) is 6.18. The van der Waals surface area contributed by atoms with Gasteiger partial charge in [-0.25, -0.2) is 0 Å². The number of rotatable bonds is 4. The van der Waals surface area contributed by atoms with Crippen molar-refractivity contribution in [2.75, 3.05) is 11.6 Å². The predicted octanol–water partition coefficient (Wildman–Crippen LogP) is 3.14. The Bertz CT molecular complexity index is 651. The van der Waals surface area contributed by atoms with Gasteiger partial charge in [-0.1, -0.05) is 30.3 Å². The Labute approximate surface area is 130 Å². The Morgan fingerprint density at radius 1 is 1.09 bits per heavy atom. The van der Waals surface area contributed by atoms with Crippen LogP contribution >= 0.6 is 0 Å². The molecule has 1 saturated heterocycles. The van der Waals surface area contributed by atoms with E-state index in [9.17, 15) is 4.79 Å². The molecule has 0 radical (unpaired) electrons. The molecule has 2 aromatic rings. The van der Waals surface area contributed by atoms with Gasteiger partial charge in [-0.05, 0) is 43.7 Å². The van der Waals surface area contributed by atoms with Gasteiger partial charge >= 0.3 is 0 Å². The molecule has 0 aromatic heterocycles. The van der Waals surface area contributed by atoms with Gasteiger partial charge in [0.1, 0.15) is 12.4 Å². The van der Waals surface area contributed by atoms with Gasteiger partial charge in [0, 0.05) is 0 Å². The van der Waals surface area contributed by atoms with Crippen LogP contribution in [0.15, 0.2) is 54.6 Å². The Kier molecular flexibility index (Phi) is 3.75. The maximum absolute atomic E-state index is 11.8. The summed E-state index contributed by atoms with van der Waals surface area (Å²) in [6.45, 7) is 5.10. The summed E-state index contributed by atoms with van der Waals surface area (Å²) >= 11 is 0. The summed E-state index contributed by atoms with van der Waals surface area (Å²) in [6, 6.07) is 17.8. The Hall–Kier alpha value is -2.49. The van der Waals surface area contributed by atoms with Crippen LogP contribution in [-0.4, -0.2) is 12.5 Å². The van der Waals surface area contributed by atoms with E-state index in [0.717, 1.165) is 17.0 Å². The number of hydrazine groups is 1. The van der Waals surface area contributed by atoms with E-state index in [4.69, 9.17) is 4.74 Å². The minimum absolute atomic E-state index is 0.0527. The average Bonchev–Trinajstić information content (AvgIpc) is 2.80. The van der Waals surface area contributed by atoms with Gasteiger partial charge in [0.15, 0.2) is 0 Å². The molecule has 0 bridgehead atoms. The number of hydrogen-bond acceptors (Lipinski definition) is 3. The van der Waals surface area contributed by atoms with Crippen molar-refractivity contribution in [2.45, 2.75) is 20.5 Å². The third-order valence-corrected chi connectivity index (χ3v) is 3.80. The van der Waals surface area contributed by atoms with Crippen LogP contribution in [0.3, 0.4) is 0 Å². The highest BCUT2D eigenvalue weighted by Crippen LogP contribution is 2.28. The number of nitrogens with zero attached hydrogens (tertiary/aromatic N) is 1. The number of carbonyl (C=O) groups is 1. The summed E-state index contributed by atoms with van der Waals surface area (Å²) < 4.78 is 5.77. The molecule has 0 unspecified atom stereocenters. The first-order valence-electron chi connectivity index (χ1n) is 7.40. The van der Waals surface area contributed by atoms with Gasteiger partial charge in [-0.2, -0.15) is 0 Å². The summed E-state index contributed by atoms with van der Waals surface area (Å²) in [5.74, 6) is 0.870. The van der Waals surface area contributed by atoms with E-state index in [1.165, 1.54) is 0 Å². The van der Waals surface area contributed by atoms with E-state index in [-0.39, 0.29) is 11.3 Å². The predicted molar refractivity (Wildman–Crippen MR) is 86.5 cm³/mol. The van der Waals surface area contributed by atoms with Crippen molar-refractivity contribution in [1.29, 1.82) is 0 Å². The van der Waals surface area contributed by atoms with Crippen molar-refractivity contribution in [3.8, 4) is 5.75 Å².